The maximum absolute atomic E-state index is 14.1. The number of nitrogens with zero attached hydrogens (tertiary/aromatic N) is 5. The fourth-order valence-corrected chi connectivity index (χ4v) is 6.46. The topological polar surface area (TPSA) is 120 Å². The number of alkyl halides is 3. The molecule has 4 aromatic heterocycles. The first-order valence-corrected chi connectivity index (χ1v) is 15.3. The van der Waals surface area contributed by atoms with Crippen molar-refractivity contribution >= 4 is 23.4 Å². The van der Waals surface area contributed by atoms with Crippen molar-refractivity contribution in [3.63, 3.8) is 0 Å². The van der Waals surface area contributed by atoms with E-state index >= 15 is 0 Å². The van der Waals surface area contributed by atoms with Gasteiger partial charge in [0.15, 0.2) is 11.5 Å². The summed E-state index contributed by atoms with van der Waals surface area (Å²) in [7, 11) is 0. The van der Waals surface area contributed by atoms with Crippen molar-refractivity contribution in [2.45, 2.75) is 58.7 Å². The number of carbonyl (C=O) groups is 2. The molecule has 1 aliphatic rings. The summed E-state index contributed by atoms with van der Waals surface area (Å²) in [6.45, 7) is 6.49. The van der Waals surface area contributed by atoms with Crippen LogP contribution in [0.15, 0.2) is 42.6 Å². The van der Waals surface area contributed by atoms with Crippen molar-refractivity contribution in [1.29, 1.82) is 0 Å². The van der Waals surface area contributed by atoms with E-state index in [1.54, 1.807) is 12.1 Å². The summed E-state index contributed by atoms with van der Waals surface area (Å²) in [6, 6.07) is 10.4. The lowest BCUT2D eigenvalue weighted by Gasteiger charge is -2.31. The molecule has 5 rings (SSSR count). The number of ether oxygens (including phenoxy) is 2. The second-order valence-electron chi connectivity index (χ2n) is 10.5. The third-order valence-corrected chi connectivity index (χ3v) is 8.66. The molecule has 1 aliphatic heterocycles. The van der Waals surface area contributed by atoms with Crippen LogP contribution in [-0.2, 0) is 23.9 Å². The first-order chi connectivity index (χ1) is 21.5. The van der Waals surface area contributed by atoms with E-state index in [4.69, 9.17) is 14.5 Å². The molecule has 238 valence electrons. The molecule has 4 aromatic rings. The number of aryl methyl sites for hydroxylation is 2. The lowest BCUT2D eigenvalue weighted by atomic mass is 9.88. The van der Waals surface area contributed by atoms with Gasteiger partial charge in [0.25, 0.3) is 0 Å². The lowest BCUT2D eigenvalue weighted by Crippen LogP contribution is -2.37. The zero-order valence-corrected chi connectivity index (χ0v) is 25.7. The monoisotopic (exact) mass is 643 g/mol. The van der Waals surface area contributed by atoms with E-state index in [1.807, 2.05) is 32.0 Å². The van der Waals surface area contributed by atoms with E-state index in [0.29, 0.717) is 35.8 Å². The maximum Gasteiger partial charge on any atom is 0.434 e. The highest BCUT2D eigenvalue weighted by Crippen LogP contribution is 2.36. The molecule has 1 amide bonds. The van der Waals surface area contributed by atoms with Crippen molar-refractivity contribution < 1.29 is 37.3 Å². The summed E-state index contributed by atoms with van der Waals surface area (Å²) in [4.78, 5) is 35.8. The number of esters is 1. The minimum Gasteiger partial charge on any atom is -0.473 e. The normalized spacial score (nSPS) is 14.0. The SMILES string of the molecule is CCOC(=O)c1cnn(-c2cccc(-c3sc(C)cc3COc3ccc(C4CCN(C(=O)O)CC4)c(CC)n3)n2)c1C(F)(F)F. The Hall–Kier alpha value is -4.46. The van der Waals surface area contributed by atoms with Crippen LogP contribution < -0.4 is 4.74 Å². The Labute approximate surface area is 261 Å². The smallest absolute Gasteiger partial charge is 0.434 e. The molecule has 1 N–H and O–H groups in total. The van der Waals surface area contributed by atoms with Crippen molar-refractivity contribution in [2.24, 2.45) is 0 Å². The van der Waals surface area contributed by atoms with Gasteiger partial charge in [-0.05, 0) is 62.8 Å². The second-order valence-corrected chi connectivity index (χ2v) is 11.8. The minimum absolute atomic E-state index is 0.0784. The fourth-order valence-electron chi connectivity index (χ4n) is 5.47. The van der Waals surface area contributed by atoms with Gasteiger partial charge in [-0.25, -0.2) is 24.2 Å². The highest BCUT2D eigenvalue weighted by molar-refractivity contribution is 7.15. The summed E-state index contributed by atoms with van der Waals surface area (Å²) < 4.78 is 53.7. The predicted octanol–water partition coefficient (Wildman–Crippen LogP) is 6.89. The van der Waals surface area contributed by atoms with Crippen molar-refractivity contribution in [2.75, 3.05) is 19.7 Å². The highest BCUT2D eigenvalue weighted by atomic mass is 32.1. The van der Waals surface area contributed by atoms with Crippen LogP contribution in [0.3, 0.4) is 0 Å². The van der Waals surface area contributed by atoms with Gasteiger partial charge < -0.3 is 19.5 Å². The van der Waals surface area contributed by atoms with Gasteiger partial charge >= 0.3 is 18.2 Å². The summed E-state index contributed by atoms with van der Waals surface area (Å²) >= 11 is 1.43. The van der Waals surface area contributed by atoms with E-state index in [-0.39, 0.29) is 24.9 Å². The molecule has 10 nitrogen and oxygen atoms in total. The molecule has 45 heavy (non-hydrogen) atoms. The summed E-state index contributed by atoms with van der Waals surface area (Å²) in [5, 5.41) is 13.1. The van der Waals surface area contributed by atoms with Gasteiger partial charge in [0.05, 0.1) is 23.4 Å². The van der Waals surface area contributed by atoms with Gasteiger partial charge in [0, 0.05) is 35.3 Å². The van der Waals surface area contributed by atoms with Crippen molar-refractivity contribution in [3.05, 3.63) is 75.6 Å². The molecule has 1 saturated heterocycles. The summed E-state index contributed by atoms with van der Waals surface area (Å²) in [5.41, 5.74) is 1.27. The molecule has 0 atom stereocenters. The average molecular weight is 644 g/mol. The predicted molar refractivity (Wildman–Crippen MR) is 160 cm³/mol. The maximum atomic E-state index is 14.1. The number of carboxylic acid groups (broad SMARTS) is 1. The molecular weight excluding hydrogens is 611 g/mol. The number of aromatic nitrogens is 4. The molecule has 1 fully saturated rings. The summed E-state index contributed by atoms with van der Waals surface area (Å²) in [5.74, 6) is -0.556. The molecule has 0 spiro atoms. The Bertz CT molecular complexity index is 1690. The van der Waals surface area contributed by atoms with Crippen LogP contribution in [-0.4, -0.2) is 61.5 Å². The van der Waals surface area contributed by atoms with E-state index in [0.717, 1.165) is 45.6 Å². The van der Waals surface area contributed by atoms with E-state index in [9.17, 15) is 27.9 Å². The number of pyridine rings is 2. The Morgan fingerprint density at radius 2 is 1.87 bits per heavy atom. The second kappa shape index (κ2) is 13.3. The zero-order chi connectivity index (χ0) is 32.3. The van der Waals surface area contributed by atoms with Crippen LogP contribution >= 0.6 is 11.3 Å². The Morgan fingerprint density at radius 1 is 1.11 bits per heavy atom. The lowest BCUT2D eigenvalue weighted by molar-refractivity contribution is -0.143. The first-order valence-electron chi connectivity index (χ1n) is 14.5. The Morgan fingerprint density at radius 3 is 2.53 bits per heavy atom. The van der Waals surface area contributed by atoms with Crippen molar-refractivity contribution in [3.8, 4) is 22.3 Å². The molecule has 0 unspecified atom stereocenters. The number of carbonyl (C=O) groups excluding carboxylic acids is 1. The van der Waals surface area contributed by atoms with Gasteiger partial charge in [-0.2, -0.15) is 18.3 Å². The molecule has 0 saturated carbocycles. The van der Waals surface area contributed by atoms with Gasteiger partial charge in [-0.3, -0.25) is 0 Å². The van der Waals surface area contributed by atoms with E-state index in [1.165, 1.54) is 29.2 Å². The van der Waals surface area contributed by atoms with Gasteiger partial charge in [-0.15, -0.1) is 11.3 Å². The number of likely N-dealkylation sites (tertiary alicyclic amines) is 1. The molecule has 0 aromatic carbocycles. The van der Waals surface area contributed by atoms with Crippen LogP contribution in [0, 0.1) is 6.92 Å². The number of hydrogen-bond acceptors (Lipinski definition) is 8. The third-order valence-electron chi connectivity index (χ3n) is 7.55. The summed E-state index contributed by atoms with van der Waals surface area (Å²) in [6.07, 6.45) is -2.78. The number of rotatable bonds is 9. The van der Waals surface area contributed by atoms with E-state index < -0.39 is 29.5 Å². The van der Waals surface area contributed by atoms with Gasteiger partial charge in [-0.1, -0.05) is 19.1 Å². The Kier molecular flexibility index (Phi) is 9.42. The van der Waals surface area contributed by atoms with Crippen molar-refractivity contribution in [1.82, 2.24) is 24.6 Å². The molecule has 0 bridgehead atoms. The van der Waals surface area contributed by atoms with Gasteiger partial charge in [0.1, 0.15) is 12.2 Å². The minimum atomic E-state index is -4.88. The largest absolute Gasteiger partial charge is 0.473 e. The van der Waals surface area contributed by atoms with Crippen LogP contribution in [0.1, 0.15) is 70.4 Å². The van der Waals surface area contributed by atoms with Crippen LogP contribution in [0.25, 0.3) is 16.4 Å². The highest BCUT2D eigenvalue weighted by Gasteiger charge is 2.41. The number of amides is 1. The number of hydrogen-bond donors (Lipinski definition) is 1. The zero-order valence-electron chi connectivity index (χ0n) is 24.9. The van der Waals surface area contributed by atoms with Crippen LogP contribution in [0.4, 0.5) is 18.0 Å². The van der Waals surface area contributed by atoms with Crippen LogP contribution in [0.5, 0.6) is 5.88 Å². The third kappa shape index (κ3) is 6.95. The molecule has 14 heteroatoms. The quantitative estimate of drug-likeness (QED) is 0.196. The number of halogens is 3. The van der Waals surface area contributed by atoms with E-state index in [2.05, 4.69) is 10.1 Å². The fraction of sp³-hybridized carbons (Fsp3) is 0.387. The average Bonchev–Trinajstić information content (AvgIpc) is 3.64. The standard InChI is InChI=1S/C31H32F3N5O5S/c1-4-23-21(19-11-13-38(14-12-19)30(41)42)9-10-26(37-23)44-17-20-15-18(3)45-27(20)24-7-6-8-25(36-24)39-28(31(32,33)34)22(16-35-39)29(40)43-5-2/h6-10,15-16,19H,4-5,11-14,17H2,1-3H3,(H,41,42). The molecule has 0 aliphatic carbocycles. The number of thiophene rings is 1. The van der Waals surface area contributed by atoms with Gasteiger partial charge in [0.2, 0.25) is 5.88 Å². The first kappa shape index (κ1) is 31.9. The molecule has 5 heterocycles. The molecular formula is C31H32F3N5O5S. The number of piperidine rings is 1. The van der Waals surface area contributed by atoms with Crippen LogP contribution in [0.2, 0.25) is 0 Å². The Balaban J connectivity index is 1.37. The molecule has 0 radical (unpaired) electrons.